The Morgan fingerprint density at radius 3 is 2.86 bits per heavy atom. The monoisotopic (exact) mass is 392 g/mol. The lowest BCUT2D eigenvalue weighted by Crippen LogP contribution is -2.40. The topological polar surface area (TPSA) is 83.6 Å². The molecule has 1 atom stereocenters. The minimum absolute atomic E-state index is 0.0345. The standard InChI is InChI=1S/C20H22F2N2O4/c21-14-4-5-15(16(22)10-14)17-11-23-18(28-17)6-7-19(25)24-9-1-2-13(12-24)3-8-20(26)27/h4-5,10-11,13H,1-3,6-9,12H2,(H,26,27). The number of rotatable bonds is 7. The molecule has 150 valence electrons. The second-order valence-electron chi connectivity index (χ2n) is 7.02. The van der Waals surface area contributed by atoms with Crippen LogP contribution in [0.15, 0.2) is 28.8 Å². The van der Waals surface area contributed by atoms with Crippen molar-refractivity contribution in [3.05, 3.63) is 41.9 Å². The Morgan fingerprint density at radius 2 is 2.11 bits per heavy atom. The van der Waals surface area contributed by atoms with Crippen LogP contribution < -0.4 is 0 Å². The number of nitrogens with zero attached hydrogens (tertiary/aromatic N) is 2. The van der Waals surface area contributed by atoms with Crippen LogP contribution in [0.5, 0.6) is 0 Å². The Kier molecular flexibility index (Phi) is 6.38. The van der Waals surface area contributed by atoms with E-state index >= 15 is 0 Å². The van der Waals surface area contributed by atoms with Crippen molar-refractivity contribution in [2.75, 3.05) is 13.1 Å². The summed E-state index contributed by atoms with van der Waals surface area (Å²) in [5.41, 5.74) is 0.115. The molecule has 0 spiro atoms. The summed E-state index contributed by atoms with van der Waals surface area (Å²) in [5, 5.41) is 8.80. The fourth-order valence-electron chi connectivity index (χ4n) is 3.47. The number of piperidine rings is 1. The molecule has 1 unspecified atom stereocenters. The Morgan fingerprint density at radius 1 is 1.29 bits per heavy atom. The van der Waals surface area contributed by atoms with Crippen molar-refractivity contribution >= 4 is 11.9 Å². The highest BCUT2D eigenvalue weighted by atomic mass is 19.1. The number of hydrogen-bond acceptors (Lipinski definition) is 4. The third-order valence-electron chi connectivity index (χ3n) is 4.94. The molecule has 0 radical (unpaired) electrons. The molecule has 3 rings (SSSR count). The molecule has 2 heterocycles. The number of aliphatic carboxylic acids is 1. The van der Waals surface area contributed by atoms with Gasteiger partial charge in [0.1, 0.15) is 11.6 Å². The van der Waals surface area contributed by atoms with Crippen molar-refractivity contribution in [1.82, 2.24) is 9.88 Å². The smallest absolute Gasteiger partial charge is 0.303 e. The van der Waals surface area contributed by atoms with E-state index < -0.39 is 17.6 Å². The van der Waals surface area contributed by atoms with Gasteiger partial charge in [0.25, 0.3) is 0 Å². The summed E-state index contributed by atoms with van der Waals surface area (Å²) in [6.07, 6.45) is 4.33. The maximum absolute atomic E-state index is 13.8. The zero-order valence-electron chi connectivity index (χ0n) is 15.4. The van der Waals surface area contributed by atoms with Gasteiger partial charge in [-0.1, -0.05) is 0 Å². The minimum Gasteiger partial charge on any atom is -0.481 e. The number of aryl methyl sites for hydroxylation is 1. The first-order valence-corrected chi connectivity index (χ1v) is 9.32. The highest BCUT2D eigenvalue weighted by molar-refractivity contribution is 5.76. The van der Waals surface area contributed by atoms with E-state index in [1.54, 1.807) is 4.90 Å². The molecule has 2 aromatic rings. The maximum Gasteiger partial charge on any atom is 0.303 e. The summed E-state index contributed by atoms with van der Waals surface area (Å²) in [5.74, 6) is -1.55. The average Bonchev–Trinajstić information content (AvgIpc) is 3.13. The summed E-state index contributed by atoms with van der Waals surface area (Å²) in [6, 6.07) is 3.20. The lowest BCUT2D eigenvalue weighted by Gasteiger charge is -2.32. The first-order chi connectivity index (χ1) is 13.4. The van der Waals surface area contributed by atoms with Gasteiger partial charge in [-0.05, 0) is 37.3 Å². The Balaban J connectivity index is 1.53. The molecule has 1 fully saturated rings. The molecular formula is C20H22F2N2O4. The van der Waals surface area contributed by atoms with E-state index in [9.17, 15) is 18.4 Å². The first kappa shape index (κ1) is 20.0. The van der Waals surface area contributed by atoms with Gasteiger partial charge >= 0.3 is 5.97 Å². The van der Waals surface area contributed by atoms with Crippen molar-refractivity contribution < 1.29 is 27.9 Å². The van der Waals surface area contributed by atoms with E-state index in [4.69, 9.17) is 9.52 Å². The average molecular weight is 392 g/mol. The molecule has 0 bridgehead atoms. The molecule has 1 saturated heterocycles. The van der Waals surface area contributed by atoms with Crippen molar-refractivity contribution in [3.63, 3.8) is 0 Å². The normalized spacial score (nSPS) is 16.9. The van der Waals surface area contributed by atoms with Crippen LogP contribution >= 0.6 is 0 Å². The van der Waals surface area contributed by atoms with Gasteiger partial charge in [-0.15, -0.1) is 0 Å². The highest BCUT2D eigenvalue weighted by Crippen LogP contribution is 2.25. The molecule has 1 amide bonds. The van der Waals surface area contributed by atoms with Gasteiger partial charge in [0.2, 0.25) is 5.91 Å². The zero-order valence-corrected chi connectivity index (χ0v) is 15.4. The SMILES string of the molecule is O=C(O)CCC1CCCN(C(=O)CCc2ncc(-c3ccc(F)cc3F)o2)C1. The zero-order chi connectivity index (χ0) is 20.1. The number of halogens is 2. The molecule has 1 aromatic carbocycles. The number of carbonyl (C=O) groups excluding carboxylic acids is 1. The van der Waals surface area contributed by atoms with Crippen LogP contribution in [0.3, 0.4) is 0 Å². The summed E-state index contributed by atoms with van der Waals surface area (Å²) in [4.78, 5) is 29.0. The second-order valence-corrected chi connectivity index (χ2v) is 7.02. The number of likely N-dealkylation sites (tertiary alicyclic amines) is 1. The van der Waals surface area contributed by atoms with Crippen molar-refractivity contribution in [2.24, 2.45) is 5.92 Å². The van der Waals surface area contributed by atoms with Gasteiger partial charge in [-0.25, -0.2) is 13.8 Å². The lowest BCUT2D eigenvalue weighted by atomic mass is 9.93. The van der Waals surface area contributed by atoms with Crippen LogP contribution in [0.4, 0.5) is 8.78 Å². The quantitative estimate of drug-likeness (QED) is 0.778. The van der Waals surface area contributed by atoms with Gasteiger partial charge in [-0.2, -0.15) is 0 Å². The molecule has 1 N–H and O–H groups in total. The van der Waals surface area contributed by atoms with Crippen LogP contribution in [-0.4, -0.2) is 40.0 Å². The fraction of sp³-hybridized carbons (Fsp3) is 0.450. The number of carboxylic acid groups (broad SMARTS) is 1. The molecule has 1 aliphatic heterocycles. The Bertz CT molecular complexity index is 852. The van der Waals surface area contributed by atoms with Crippen molar-refractivity contribution in [3.8, 4) is 11.3 Å². The Hall–Kier alpha value is -2.77. The summed E-state index contributed by atoms with van der Waals surface area (Å²) in [6.45, 7) is 1.24. The Labute approximate surface area is 161 Å². The number of hydrogen-bond donors (Lipinski definition) is 1. The molecule has 6 nitrogen and oxygen atoms in total. The second kappa shape index (κ2) is 8.95. The molecule has 0 saturated carbocycles. The predicted molar refractivity (Wildman–Crippen MR) is 96.3 cm³/mol. The van der Waals surface area contributed by atoms with E-state index in [1.165, 1.54) is 12.3 Å². The summed E-state index contributed by atoms with van der Waals surface area (Å²) < 4.78 is 32.3. The van der Waals surface area contributed by atoms with Gasteiger partial charge in [0, 0.05) is 38.4 Å². The van der Waals surface area contributed by atoms with E-state index in [1.807, 2.05) is 0 Å². The molecule has 8 heteroatoms. The van der Waals surface area contributed by atoms with Crippen LogP contribution in [-0.2, 0) is 16.0 Å². The van der Waals surface area contributed by atoms with Gasteiger partial charge in [0.05, 0.1) is 11.8 Å². The highest BCUT2D eigenvalue weighted by Gasteiger charge is 2.24. The van der Waals surface area contributed by atoms with E-state index in [0.717, 1.165) is 25.0 Å². The maximum atomic E-state index is 13.8. The van der Waals surface area contributed by atoms with Crippen LogP contribution in [0.1, 0.15) is 38.0 Å². The number of carboxylic acids is 1. The van der Waals surface area contributed by atoms with Gasteiger partial charge in [-0.3, -0.25) is 9.59 Å². The number of oxazole rings is 1. The minimum atomic E-state index is -0.819. The molecule has 0 aliphatic carbocycles. The number of aromatic nitrogens is 1. The number of amides is 1. The van der Waals surface area contributed by atoms with E-state index in [-0.39, 0.29) is 42.4 Å². The largest absolute Gasteiger partial charge is 0.481 e. The predicted octanol–water partition coefficient (Wildman–Crippen LogP) is 3.66. The molecular weight excluding hydrogens is 370 g/mol. The first-order valence-electron chi connectivity index (χ1n) is 9.32. The van der Waals surface area contributed by atoms with Crippen molar-refractivity contribution in [2.45, 2.75) is 38.5 Å². The third-order valence-corrected chi connectivity index (χ3v) is 4.94. The van der Waals surface area contributed by atoms with E-state index in [0.29, 0.717) is 25.4 Å². The van der Waals surface area contributed by atoms with Gasteiger partial charge < -0.3 is 14.4 Å². The van der Waals surface area contributed by atoms with Crippen molar-refractivity contribution in [1.29, 1.82) is 0 Å². The van der Waals surface area contributed by atoms with Crippen LogP contribution in [0, 0.1) is 17.6 Å². The summed E-state index contributed by atoms with van der Waals surface area (Å²) in [7, 11) is 0. The molecule has 1 aliphatic rings. The molecule has 28 heavy (non-hydrogen) atoms. The van der Waals surface area contributed by atoms with E-state index in [2.05, 4.69) is 4.98 Å². The number of carbonyl (C=O) groups is 2. The lowest BCUT2D eigenvalue weighted by molar-refractivity contribution is -0.137. The van der Waals surface area contributed by atoms with Gasteiger partial charge in [0.15, 0.2) is 11.7 Å². The van der Waals surface area contributed by atoms with Crippen LogP contribution in [0.2, 0.25) is 0 Å². The molecule has 1 aromatic heterocycles. The number of benzene rings is 1. The third kappa shape index (κ3) is 5.15. The fourth-order valence-corrected chi connectivity index (χ4v) is 3.47. The van der Waals surface area contributed by atoms with Crippen LogP contribution in [0.25, 0.3) is 11.3 Å². The summed E-state index contributed by atoms with van der Waals surface area (Å²) >= 11 is 0.